The average Bonchev–Trinajstić information content (AvgIpc) is 3.27. The Bertz CT molecular complexity index is 916. The Morgan fingerprint density at radius 2 is 2.25 bits per heavy atom. The molecule has 1 aromatic carbocycles. The first-order valence-corrected chi connectivity index (χ1v) is 8.90. The summed E-state index contributed by atoms with van der Waals surface area (Å²) in [6.07, 6.45) is 6.91. The van der Waals surface area contributed by atoms with Gasteiger partial charge < -0.3 is 14.9 Å². The molecular weight excluding hydrogens is 320 g/mol. The van der Waals surface area contributed by atoms with Crippen molar-refractivity contribution in [1.29, 1.82) is 0 Å². The van der Waals surface area contributed by atoms with Crippen LogP contribution in [0.3, 0.4) is 0 Å². The molecule has 3 heterocycles. The number of rotatable bonds is 3. The van der Waals surface area contributed by atoms with Crippen molar-refractivity contribution < 1.29 is 5.11 Å². The second kappa shape index (κ2) is 6.03. The summed E-state index contributed by atoms with van der Waals surface area (Å²) in [5.74, 6) is 0.104. The topological polar surface area (TPSA) is 52.0 Å². The highest BCUT2D eigenvalue weighted by Gasteiger charge is 2.26. The van der Waals surface area contributed by atoms with Crippen LogP contribution in [-0.2, 0) is 0 Å². The summed E-state index contributed by atoms with van der Waals surface area (Å²) in [5, 5.41) is 13.1. The minimum absolute atomic E-state index is 0.104. The summed E-state index contributed by atoms with van der Waals surface area (Å²) in [5.41, 5.74) is 1.11. The van der Waals surface area contributed by atoms with Gasteiger partial charge in [-0.15, -0.1) is 0 Å². The number of aromatic hydroxyl groups is 1. The monoisotopic (exact) mass is 340 g/mol. The molecule has 2 aliphatic rings. The Morgan fingerprint density at radius 1 is 1.38 bits per heavy atom. The molecule has 2 aromatic rings. The van der Waals surface area contributed by atoms with Crippen LogP contribution < -0.4 is 15.5 Å². The van der Waals surface area contributed by atoms with Crippen LogP contribution in [0.4, 0.5) is 5.13 Å². The largest absolute Gasteiger partial charge is 0.492 e. The molecule has 5 nitrogen and oxygen atoms in total. The molecule has 0 amide bonds. The summed E-state index contributed by atoms with van der Waals surface area (Å²) >= 11 is 1.54. The highest BCUT2D eigenvalue weighted by Crippen LogP contribution is 2.33. The van der Waals surface area contributed by atoms with Crippen molar-refractivity contribution >= 4 is 28.6 Å². The smallest absolute Gasteiger partial charge is 0.231 e. The minimum Gasteiger partial charge on any atom is -0.492 e. The van der Waals surface area contributed by atoms with E-state index < -0.39 is 0 Å². The maximum Gasteiger partial charge on any atom is 0.231 e. The standard InChI is InChI=1S/C18H20N4OS/c1-21(2)14-7-9-22(11-14)18-20-17(23)15(24-18)10-13-5-3-4-12-6-8-19-16(12)13/h3-6,8,10,14,23H,7,9,11H2,1-2H3/t14-/m0/s1. The van der Waals surface area contributed by atoms with Crippen LogP contribution in [-0.4, -0.2) is 48.2 Å². The third-order valence-corrected chi connectivity index (χ3v) is 5.68. The molecule has 1 saturated heterocycles. The molecule has 0 aliphatic carbocycles. The second-order valence-electron chi connectivity index (χ2n) is 6.41. The van der Waals surface area contributed by atoms with Crippen LogP contribution in [0, 0.1) is 0 Å². The van der Waals surface area contributed by atoms with Gasteiger partial charge in [-0.2, -0.15) is 4.98 Å². The summed E-state index contributed by atoms with van der Waals surface area (Å²) < 4.78 is 0. The maximum absolute atomic E-state index is 10.3. The van der Waals surface area contributed by atoms with Crippen molar-refractivity contribution in [3.8, 4) is 5.88 Å². The number of aromatic nitrogens is 1. The van der Waals surface area contributed by atoms with Crippen molar-refractivity contribution in [2.45, 2.75) is 12.5 Å². The Balaban J connectivity index is 1.66. The van der Waals surface area contributed by atoms with E-state index in [1.807, 2.05) is 36.6 Å². The van der Waals surface area contributed by atoms with E-state index in [2.05, 4.69) is 33.9 Å². The van der Waals surface area contributed by atoms with E-state index in [0.29, 0.717) is 6.04 Å². The lowest BCUT2D eigenvalue weighted by atomic mass is 10.2. The van der Waals surface area contributed by atoms with Gasteiger partial charge in [-0.3, -0.25) is 4.99 Å². The Kier molecular flexibility index (Phi) is 3.86. The van der Waals surface area contributed by atoms with E-state index in [0.717, 1.165) is 45.7 Å². The number of hydrogen-bond acceptors (Lipinski definition) is 6. The summed E-state index contributed by atoms with van der Waals surface area (Å²) in [6.45, 7) is 1.94. The van der Waals surface area contributed by atoms with Crippen molar-refractivity contribution in [2.24, 2.45) is 4.99 Å². The third kappa shape index (κ3) is 2.72. The fourth-order valence-corrected chi connectivity index (χ4v) is 4.14. The zero-order chi connectivity index (χ0) is 16.7. The predicted molar refractivity (Wildman–Crippen MR) is 97.9 cm³/mol. The van der Waals surface area contributed by atoms with Crippen LogP contribution >= 0.6 is 11.3 Å². The number of thiazole rings is 1. The first-order chi connectivity index (χ1) is 11.6. The normalized spacial score (nSPS) is 20.0. The Labute approximate surface area is 144 Å². The number of nitrogens with zero attached hydrogens (tertiary/aromatic N) is 4. The van der Waals surface area contributed by atoms with Crippen LogP contribution in [0.1, 0.15) is 16.9 Å². The van der Waals surface area contributed by atoms with E-state index in [9.17, 15) is 5.11 Å². The van der Waals surface area contributed by atoms with Crippen molar-refractivity contribution in [3.05, 3.63) is 45.4 Å². The van der Waals surface area contributed by atoms with E-state index >= 15 is 0 Å². The molecule has 0 saturated carbocycles. The summed E-state index contributed by atoms with van der Waals surface area (Å²) in [4.78, 5) is 14.1. The molecule has 0 radical (unpaired) electrons. The van der Waals surface area contributed by atoms with Gasteiger partial charge in [0.05, 0.1) is 10.2 Å². The van der Waals surface area contributed by atoms with Gasteiger partial charge in [0.1, 0.15) is 0 Å². The fraction of sp³-hybridized carbons (Fsp3) is 0.333. The number of hydrogen-bond donors (Lipinski definition) is 1. The van der Waals surface area contributed by atoms with E-state index in [-0.39, 0.29) is 5.88 Å². The van der Waals surface area contributed by atoms with Gasteiger partial charge in [0.25, 0.3) is 0 Å². The fourth-order valence-electron chi connectivity index (χ4n) is 3.19. The Hall–Kier alpha value is -2.18. The van der Waals surface area contributed by atoms with Gasteiger partial charge in [-0.25, -0.2) is 0 Å². The van der Waals surface area contributed by atoms with Crippen LogP contribution in [0.25, 0.3) is 12.2 Å². The highest BCUT2D eigenvalue weighted by molar-refractivity contribution is 7.16. The van der Waals surface area contributed by atoms with Gasteiger partial charge >= 0.3 is 0 Å². The number of para-hydroxylation sites is 1. The molecule has 2 aliphatic heterocycles. The molecular formula is C18H20N4OS. The maximum atomic E-state index is 10.3. The van der Waals surface area contributed by atoms with Gasteiger partial charge in [0.15, 0.2) is 5.13 Å². The van der Waals surface area contributed by atoms with Gasteiger partial charge in [-0.05, 0) is 32.7 Å². The van der Waals surface area contributed by atoms with Crippen LogP contribution in [0.5, 0.6) is 5.88 Å². The quantitative estimate of drug-likeness (QED) is 0.918. The van der Waals surface area contributed by atoms with E-state index in [4.69, 9.17) is 0 Å². The molecule has 0 bridgehead atoms. The first-order valence-electron chi connectivity index (χ1n) is 8.08. The molecule has 0 unspecified atom stereocenters. The Morgan fingerprint density at radius 3 is 3.04 bits per heavy atom. The second-order valence-corrected chi connectivity index (χ2v) is 7.42. The molecule has 4 rings (SSSR count). The van der Waals surface area contributed by atoms with Crippen molar-refractivity contribution in [3.63, 3.8) is 0 Å². The van der Waals surface area contributed by atoms with Gasteiger partial charge in [0, 0.05) is 36.1 Å². The first kappa shape index (κ1) is 15.4. The van der Waals surface area contributed by atoms with Crippen molar-refractivity contribution in [1.82, 2.24) is 9.88 Å². The highest BCUT2D eigenvalue weighted by atomic mass is 32.1. The molecule has 1 N–H and O–H groups in total. The predicted octanol–water partition coefficient (Wildman–Crippen LogP) is 1.42. The molecule has 1 aromatic heterocycles. The molecule has 124 valence electrons. The summed E-state index contributed by atoms with van der Waals surface area (Å²) in [6, 6.07) is 6.62. The lowest BCUT2D eigenvalue weighted by molar-refractivity contribution is 0.315. The zero-order valence-electron chi connectivity index (χ0n) is 13.8. The van der Waals surface area contributed by atoms with Crippen molar-refractivity contribution in [2.75, 3.05) is 32.1 Å². The molecule has 1 fully saturated rings. The van der Waals surface area contributed by atoms with E-state index in [1.54, 1.807) is 0 Å². The summed E-state index contributed by atoms with van der Waals surface area (Å²) in [7, 11) is 4.22. The van der Waals surface area contributed by atoms with Crippen LogP contribution in [0.15, 0.2) is 29.4 Å². The SMILES string of the molecule is CN(C)[C@H]1CCN(c2nc(O)c(C=c3cccc4c3=NC=C4)s2)C1. The third-order valence-electron chi connectivity index (χ3n) is 4.63. The van der Waals surface area contributed by atoms with E-state index in [1.165, 1.54) is 11.3 Å². The average molecular weight is 340 g/mol. The zero-order valence-corrected chi connectivity index (χ0v) is 14.6. The number of likely N-dealkylation sites (N-methyl/N-ethyl adjacent to an activating group) is 1. The minimum atomic E-state index is 0.104. The number of anilines is 1. The van der Waals surface area contributed by atoms with Gasteiger partial charge in [0.2, 0.25) is 5.88 Å². The molecule has 6 heteroatoms. The number of benzene rings is 1. The van der Waals surface area contributed by atoms with Gasteiger partial charge in [-0.1, -0.05) is 29.5 Å². The number of fused-ring (bicyclic) bond motifs is 1. The lowest BCUT2D eigenvalue weighted by Crippen LogP contribution is -2.31. The lowest BCUT2D eigenvalue weighted by Gasteiger charge is -2.19. The molecule has 0 spiro atoms. The molecule has 24 heavy (non-hydrogen) atoms. The van der Waals surface area contributed by atoms with Crippen LogP contribution in [0.2, 0.25) is 0 Å². The molecule has 1 atom stereocenters.